The Morgan fingerprint density at radius 3 is 2.70 bits per heavy atom. The zero-order valence-corrected chi connectivity index (χ0v) is 19.6. The van der Waals surface area contributed by atoms with Gasteiger partial charge in [0.15, 0.2) is 0 Å². The van der Waals surface area contributed by atoms with Crippen LogP contribution in [0.4, 0.5) is 11.4 Å². The quantitative estimate of drug-likeness (QED) is 0.326. The summed E-state index contributed by atoms with van der Waals surface area (Å²) in [6.07, 6.45) is 3.09. The maximum atomic E-state index is 13.3. The minimum atomic E-state index is -0.374. The Balaban J connectivity index is 1.44. The van der Waals surface area contributed by atoms with E-state index in [2.05, 4.69) is 26.2 Å². The van der Waals surface area contributed by atoms with Gasteiger partial charge in [0, 0.05) is 38.4 Å². The summed E-state index contributed by atoms with van der Waals surface area (Å²) in [5, 5.41) is 4.41. The molecular formula is C26H17BrClN3O2. The molecule has 2 heterocycles. The fraction of sp³-hybridized carbons (Fsp3) is 0.0385. The van der Waals surface area contributed by atoms with Crippen molar-refractivity contribution in [3.63, 3.8) is 0 Å². The van der Waals surface area contributed by atoms with Gasteiger partial charge in [-0.2, -0.15) is 0 Å². The molecule has 1 aromatic heterocycles. The molecule has 0 aliphatic carbocycles. The van der Waals surface area contributed by atoms with E-state index in [1.807, 2.05) is 54.6 Å². The number of fused-ring (bicyclic) bond motifs is 2. The molecule has 1 N–H and O–H groups in total. The van der Waals surface area contributed by atoms with Crippen molar-refractivity contribution in [3.05, 3.63) is 106 Å². The summed E-state index contributed by atoms with van der Waals surface area (Å²) in [5.74, 6) is -0.600. The molecule has 1 aliphatic rings. The molecule has 0 saturated carbocycles. The zero-order valence-electron chi connectivity index (χ0n) is 17.3. The van der Waals surface area contributed by atoms with E-state index in [0.29, 0.717) is 28.4 Å². The molecule has 3 aromatic carbocycles. The maximum absolute atomic E-state index is 13.3. The van der Waals surface area contributed by atoms with Crippen molar-refractivity contribution < 1.29 is 9.59 Å². The van der Waals surface area contributed by atoms with Crippen LogP contribution in [0.3, 0.4) is 0 Å². The van der Waals surface area contributed by atoms with E-state index < -0.39 is 0 Å². The molecule has 0 atom stereocenters. The number of benzene rings is 3. The maximum Gasteiger partial charge on any atom is 0.259 e. The molecule has 0 unspecified atom stereocenters. The van der Waals surface area contributed by atoms with Gasteiger partial charge in [0.25, 0.3) is 5.91 Å². The van der Waals surface area contributed by atoms with Gasteiger partial charge in [0.2, 0.25) is 5.91 Å². The SMILES string of the molecule is O=C(/C=C1/C(=O)N(Cc2ccc(Cl)cc2)c2ccc(Br)cc21)Nc1ccc2ncccc2c1. The van der Waals surface area contributed by atoms with E-state index in [0.717, 1.165) is 26.6 Å². The Bertz CT molecular complexity index is 1430. The van der Waals surface area contributed by atoms with Crippen LogP contribution in [0.15, 0.2) is 89.5 Å². The van der Waals surface area contributed by atoms with E-state index in [1.54, 1.807) is 29.3 Å². The highest BCUT2D eigenvalue weighted by atomic mass is 79.9. The van der Waals surface area contributed by atoms with Gasteiger partial charge >= 0.3 is 0 Å². The second kappa shape index (κ2) is 8.81. The minimum Gasteiger partial charge on any atom is -0.322 e. The van der Waals surface area contributed by atoms with Gasteiger partial charge in [-0.25, -0.2) is 0 Å². The van der Waals surface area contributed by atoms with Gasteiger partial charge in [0.05, 0.1) is 23.3 Å². The number of carbonyl (C=O) groups excluding carboxylic acids is 2. The van der Waals surface area contributed by atoms with Crippen molar-refractivity contribution in [2.24, 2.45) is 0 Å². The summed E-state index contributed by atoms with van der Waals surface area (Å²) in [7, 11) is 0. The van der Waals surface area contributed by atoms with Gasteiger partial charge < -0.3 is 10.2 Å². The number of nitrogens with zero attached hydrogens (tertiary/aromatic N) is 2. The molecule has 0 saturated heterocycles. The fourth-order valence-electron chi connectivity index (χ4n) is 3.86. The van der Waals surface area contributed by atoms with Crippen molar-refractivity contribution in [2.45, 2.75) is 6.54 Å². The third kappa shape index (κ3) is 4.40. The Labute approximate surface area is 203 Å². The lowest BCUT2D eigenvalue weighted by atomic mass is 10.1. The molecule has 0 radical (unpaired) electrons. The molecule has 0 spiro atoms. The molecule has 2 amide bonds. The van der Waals surface area contributed by atoms with E-state index in [9.17, 15) is 9.59 Å². The number of amides is 2. The molecule has 7 heteroatoms. The van der Waals surface area contributed by atoms with Crippen LogP contribution < -0.4 is 10.2 Å². The standard InChI is InChI=1S/C26H17BrClN3O2/c27-18-5-10-24-21(13-18)22(26(33)31(24)15-16-3-6-19(28)7-4-16)14-25(32)30-20-8-9-23-17(12-20)2-1-11-29-23/h1-14H,15H2,(H,30,32)/b22-14+. The summed E-state index contributed by atoms with van der Waals surface area (Å²) in [4.78, 5) is 32.1. The number of hydrogen-bond donors (Lipinski definition) is 1. The lowest BCUT2D eigenvalue weighted by Crippen LogP contribution is -2.26. The number of halogens is 2. The second-order valence-electron chi connectivity index (χ2n) is 7.64. The van der Waals surface area contributed by atoms with Crippen LogP contribution in [0.1, 0.15) is 11.1 Å². The molecule has 0 fully saturated rings. The number of rotatable bonds is 4. The van der Waals surface area contributed by atoms with Crippen LogP contribution in [0.2, 0.25) is 5.02 Å². The molecule has 0 bridgehead atoms. The van der Waals surface area contributed by atoms with Crippen LogP contribution in [-0.4, -0.2) is 16.8 Å². The average molecular weight is 519 g/mol. The largest absolute Gasteiger partial charge is 0.322 e. The highest BCUT2D eigenvalue weighted by Gasteiger charge is 2.33. The number of anilines is 2. The first-order valence-corrected chi connectivity index (χ1v) is 11.4. The smallest absolute Gasteiger partial charge is 0.259 e. The van der Waals surface area contributed by atoms with Gasteiger partial charge in [-0.1, -0.05) is 45.7 Å². The number of pyridine rings is 1. The fourth-order valence-corrected chi connectivity index (χ4v) is 4.35. The first-order chi connectivity index (χ1) is 16.0. The van der Waals surface area contributed by atoms with Gasteiger partial charge in [-0.05, 0) is 60.2 Å². The van der Waals surface area contributed by atoms with Crippen LogP contribution in [0.25, 0.3) is 16.5 Å². The number of aromatic nitrogens is 1. The second-order valence-corrected chi connectivity index (χ2v) is 8.99. The van der Waals surface area contributed by atoms with E-state index >= 15 is 0 Å². The normalized spacial score (nSPS) is 14.1. The van der Waals surface area contributed by atoms with Crippen LogP contribution in [-0.2, 0) is 16.1 Å². The molecule has 162 valence electrons. The van der Waals surface area contributed by atoms with Crippen molar-refractivity contribution in [1.82, 2.24) is 4.98 Å². The Morgan fingerprint density at radius 2 is 1.88 bits per heavy atom. The zero-order chi connectivity index (χ0) is 22.9. The summed E-state index contributed by atoms with van der Waals surface area (Å²) in [6, 6.07) is 22.2. The summed E-state index contributed by atoms with van der Waals surface area (Å²) >= 11 is 9.46. The van der Waals surface area contributed by atoms with Crippen molar-refractivity contribution in [2.75, 3.05) is 10.2 Å². The number of carbonyl (C=O) groups is 2. The van der Waals surface area contributed by atoms with E-state index in [-0.39, 0.29) is 11.8 Å². The molecule has 5 nitrogen and oxygen atoms in total. The third-order valence-corrected chi connectivity index (χ3v) is 6.16. The van der Waals surface area contributed by atoms with Crippen LogP contribution in [0.5, 0.6) is 0 Å². The van der Waals surface area contributed by atoms with Crippen molar-refractivity contribution in [3.8, 4) is 0 Å². The Hall–Kier alpha value is -3.48. The molecule has 1 aliphatic heterocycles. The van der Waals surface area contributed by atoms with E-state index in [1.165, 1.54) is 6.08 Å². The lowest BCUT2D eigenvalue weighted by molar-refractivity contribution is -0.114. The summed E-state index contributed by atoms with van der Waals surface area (Å²) in [5.41, 5.74) is 4.24. The van der Waals surface area contributed by atoms with Crippen molar-refractivity contribution >= 4 is 67.2 Å². The topological polar surface area (TPSA) is 62.3 Å². The Morgan fingerprint density at radius 1 is 1.06 bits per heavy atom. The highest BCUT2D eigenvalue weighted by molar-refractivity contribution is 9.10. The molecule has 4 aromatic rings. The Kier molecular flexibility index (Phi) is 5.70. The number of hydrogen-bond acceptors (Lipinski definition) is 3. The molecular weight excluding hydrogens is 502 g/mol. The minimum absolute atomic E-state index is 0.226. The first-order valence-electron chi connectivity index (χ1n) is 10.2. The van der Waals surface area contributed by atoms with Gasteiger partial charge in [-0.3, -0.25) is 14.6 Å². The molecule has 5 rings (SSSR count). The van der Waals surface area contributed by atoms with Gasteiger partial charge in [-0.15, -0.1) is 0 Å². The number of nitrogens with one attached hydrogen (secondary N) is 1. The summed E-state index contributed by atoms with van der Waals surface area (Å²) < 4.78 is 0.829. The van der Waals surface area contributed by atoms with Gasteiger partial charge in [0.1, 0.15) is 0 Å². The predicted octanol–water partition coefficient (Wildman–Crippen LogP) is 6.22. The third-order valence-electron chi connectivity index (χ3n) is 5.42. The lowest BCUT2D eigenvalue weighted by Gasteiger charge is -2.17. The van der Waals surface area contributed by atoms with Crippen LogP contribution >= 0.6 is 27.5 Å². The average Bonchev–Trinajstić information content (AvgIpc) is 3.05. The monoisotopic (exact) mass is 517 g/mol. The van der Waals surface area contributed by atoms with Crippen molar-refractivity contribution in [1.29, 1.82) is 0 Å². The highest BCUT2D eigenvalue weighted by Crippen LogP contribution is 2.39. The predicted molar refractivity (Wildman–Crippen MR) is 135 cm³/mol. The molecule has 33 heavy (non-hydrogen) atoms. The summed E-state index contributed by atoms with van der Waals surface area (Å²) in [6.45, 7) is 0.376. The first kappa shape index (κ1) is 21.4. The van der Waals surface area contributed by atoms with E-state index in [4.69, 9.17) is 11.6 Å². The van der Waals surface area contributed by atoms with Crippen LogP contribution in [0, 0.1) is 0 Å².